The van der Waals surface area contributed by atoms with Crippen molar-refractivity contribution in [2.24, 2.45) is 5.84 Å². The Morgan fingerprint density at radius 1 is 1.32 bits per heavy atom. The highest BCUT2D eigenvalue weighted by Gasteiger charge is 2.20. The van der Waals surface area contributed by atoms with Gasteiger partial charge >= 0.3 is 0 Å². The molecule has 2 aromatic rings. The van der Waals surface area contributed by atoms with Crippen molar-refractivity contribution in [2.75, 3.05) is 7.11 Å². The number of halogens is 1. The van der Waals surface area contributed by atoms with Crippen LogP contribution in [0, 0.1) is 12.7 Å². The number of nitrogens with zero attached hydrogens (tertiary/aromatic N) is 1. The first-order valence-electron chi connectivity index (χ1n) is 5.87. The first-order chi connectivity index (χ1) is 9.17. The monoisotopic (exact) mass is 261 g/mol. The van der Waals surface area contributed by atoms with Crippen LogP contribution in [-0.4, -0.2) is 12.1 Å². The Morgan fingerprint density at radius 3 is 2.74 bits per heavy atom. The summed E-state index contributed by atoms with van der Waals surface area (Å²) in [6, 6.07) is 6.80. The number of benzene rings is 1. The predicted octanol–water partition coefficient (Wildman–Crippen LogP) is 2.09. The van der Waals surface area contributed by atoms with E-state index in [-0.39, 0.29) is 0 Å². The number of nitrogens with one attached hydrogen (secondary N) is 1. The molecule has 0 spiro atoms. The molecule has 4 nitrogen and oxygen atoms in total. The van der Waals surface area contributed by atoms with E-state index in [4.69, 9.17) is 10.6 Å². The molecule has 0 bridgehead atoms. The minimum atomic E-state index is -0.487. The summed E-state index contributed by atoms with van der Waals surface area (Å²) < 4.78 is 19.2. The summed E-state index contributed by atoms with van der Waals surface area (Å²) >= 11 is 0. The van der Waals surface area contributed by atoms with E-state index in [1.165, 1.54) is 12.4 Å². The molecule has 1 atom stereocenters. The summed E-state index contributed by atoms with van der Waals surface area (Å²) in [6.07, 6.45) is 2.70. The van der Waals surface area contributed by atoms with Crippen LogP contribution in [-0.2, 0) is 0 Å². The Balaban J connectivity index is 2.51. The van der Waals surface area contributed by atoms with Crippen molar-refractivity contribution in [1.29, 1.82) is 0 Å². The van der Waals surface area contributed by atoms with Crippen LogP contribution in [0.4, 0.5) is 4.39 Å². The van der Waals surface area contributed by atoms with E-state index in [9.17, 15) is 4.39 Å². The maximum Gasteiger partial charge on any atom is 0.146 e. The largest absolute Gasteiger partial charge is 0.496 e. The first-order valence-corrected chi connectivity index (χ1v) is 5.87. The van der Waals surface area contributed by atoms with E-state index in [2.05, 4.69) is 10.4 Å². The van der Waals surface area contributed by atoms with Gasteiger partial charge in [0.2, 0.25) is 0 Å². The molecule has 1 aromatic heterocycles. The van der Waals surface area contributed by atoms with Crippen LogP contribution >= 0.6 is 0 Å². The van der Waals surface area contributed by atoms with Crippen LogP contribution in [0.25, 0.3) is 0 Å². The molecule has 0 saturated carbocycles. The highest BCUT2D eigenvalue weighted by atomic mass is 19.1. The number of pyridine rings is 1. The number of aromatic nitrogens is 1. The van der Waals surface area contributed by atoms with Gasteiger partial charge in [-0.05, 0) is 24.6 Å². The fourth-order valence-electron chi connectivity index (χ4n) is 2.02. The van der Waals surface area contributed by atoms with Gasteiger partial charge in [-0.25, -0.2) is 9.82 Å². The van der Waals surface area contributed by atoms with Gasteiger partial charge in [0.05, 0.1) is 19.3 Å². The lowest BCUT2D eigenvalue weighted by atomic mass is 9.98. The van der Waals surface area contributed by atoms with Crippen LogP contribution in [0.1, 0.15) is 22.7 Å². The molecular weight excluding hydrogens is 245 g/mol. The second-order valence-corrected chi connectivity index (χ2v) is 4.24. The lowest BCUT2D eigenvalue weighted by Gasteiger charge is -2.20. The van der Waals surface area contributed by atoms with Gasteiger partial charge in [-0.2, -0.15) is 0 Å². The number of methoxy groups -OCH3 is 1. The van der Waals surface area contributed by atoms with Crippen molar-refractivity contribution in [1.82, 2.24) is 10.4 Å². The van der Waals surface area contributed by atoms with Gasteiger partial charge in [0.25, 0.3) is 0 Å². The third kappa shape index (κ3) is 2.72. The number of nitrogens with two attached hydrogens (primary N) is 1. The zero-order chi connectivity index (χ0) is 13.8. The molecule has 100 valence electrons. The summed E-state index contributed by atoms with van der Waals surface area (Å²) in [5.41, 5.74) is 4.89. The highest BCUT2D eigenvalue weighted by Crippen LogP contribution is 2.31. The molecule has 3 N–H and O–H groups in total. The summed E-state index contributed by atoms with van der Waals surface area (Å²) in [6.45, 7) is 1.96. The molecule has 0 saturated heterocycles. The maximum absolute atomic E-state index is 13.8. The van der Waals surface area contributed by atoms with Crippen molar-refractivity contribution >= 4 is 0 Å². The summed E-state index contributed by atoms with van der Waals surface area (Å²) in [4.78, 5) is 3.74. The molecule has 0 aliphatic rings. The van der Waals surface area contributed by atoms with Crippen LogP contribution in [0.5, 0.6) is 5.75 Å². The minimum absolute atomic E-state index is 0.409. The number of hydrazine groups is 1. The highest BCUT2D eigenvalue weighted by molar-refractivity contribution is 5.43. The van der Waals surface area contributed by atoms with Crippen LogP contribution < -0.4 is 16.0 Å². The molecule has 0 radical (unpaired) electrons. The number of aryl methyl sites for hydroxylation is 1. The van der Waals surface area contributed by atoms with Gasteiger partial charge in [0.1, 0.15) is 11.6 Å². The normalized spacial score (nSPS) is 12.2. The van der Waals surface area contributed by atoms with Gasteiger partial charge in [-0.1, -0.05) is 12.1 Å². The fraction of sp³-hybridized carbons (Fsp3) is 0.214. The molecular formula is C14H16FN3O. The van der Waals surface area contributed by atoms with E-state index >= 15 is 0 Å². The molecule has 0 fully saturated rings. The van der Waals surface area contributed by atoms with Gasteiger partial charge in [0, 0.05) is 17.3 Å². The maximum atomic E-state index is 13.8. The number of ether oxygens (including phenoxy) is 1. The van der Waals surface area contributed by atoms with Gasteiger partial charge in [0.15, 0.2) is 0 Å². The van der Waals surface area contributed by atoms with Crippen molar-refractivity contribution in [3.63, 3.8) is 0 Å². The lowest BCUT2D eigenvalue weighted by molar-refractivity contribution is 0.403. The fourth-order valence-corrected chi connectivity index (χ4v) is 2.02. The minimum Gasteiger partial charge on any atom is -0.496 e. The topological polar surface area (TPSA) is 60.2 Å². The Labute approximate surface area is 111 Å². The van der Waals surface area contributed by atoms with E-state index in [1.54, 1.807) is 13.2 Å². The zero-order valence-corrected chi connectivity index (χ0v) is 10.9. The molecule has 1 aromatic carbocycles. The van der Waals surface area contributed by atoms with E-state index < -0.39 is 11.9 Å². The summed E-state index contributed by atoms with van der Waals surface area (Å²) in [5.74, 6) is 5.83. The average molecular weight is 261 g/mol. The Morgan fingerprint density at radius 2 is 2.11 bits per heavy atom. The second kappa shape index (κ2) is 5.77. The standard InChI is InChI=1S/C14H16FN3O/c1-9-3-4-11(13(7-9)19-2)14(18-16)10-5-6-17-8-12(10)15/h3-8,14,18H,16H2,1-2H3. The Bertz CT molecular complexity index is 574. The van der Waals surface area contributed by atoms with E-state index in [0.717, 1.165) is 11.1 Å². The van der Waals surface area contributed by atoms with E-state index in [0.29, 0.717) is 11.3 Å². The summed E-state index contributed by atoms with van der Waals surface area (Å²) in [7, 11) is 1.58. The van der Waals surface area contributed by atoms with Gasteiger partial charge in [-0.3, -0.25) is 10.8 Å². The van der Waals surface area contributed by atoms with Crippen molar-refractivity contribution in [2.45, 2.75) is 13.0 Å². The lowest BCUT2D eigenvalue weighted by Crippen LogP contribution is -2.30. The average Bonchev–Trinajstić information content (AvgIpc) is 2.43. The van der Waals surface area contributed by atoms with Crippen molar-refractivity contribution in [3.8, 4) is 5.75 Å². The van der Waals surface area contributed by atoms with Crippen LogP contribution in [0.2, 0.25) is 0 Å². The SMILES string of the molecule is COc1cc(C)ccc1C(NN)c1ccncc1F. The molecule has 1 unspecified atom stereocenters. The van der Waals surface area contributed by atoms with Gasteiger partial charge < -0.3 is 4.74 Å². The predicted molar refractivity (Wildman–Crippen MR) is 71.1 cm³/mol. The molecule has 0 aliphatic carbocycles. The number of hydrogen-bond acceptors (Lipinski definition) is 4. The molecule has 0 aliphatic heterocycles. The molecule has 2 rings (SSSR count). The van der Waals surface area contributed by atoms with Crippen molar-refractivity contribution in [3.05, 3.63) is 59.2 Å². The molecule has 1 heterocycles. The molecule has 0 amide bonds. The quantitative estimate of drug-likeness (QED) is 0.653. The Kier molecular flexibility index (Phi) is 4.09. The van der Waals surface area contributed by atoms with Gasteiger partial charge in [-0.15, -0.1) is 0 Å². The third-order valence-electron chi connectivity index (χ3n) is 2.98. The van der Waals surface area contributed by atoms with E-state index in [1.807, 2.05) is 25.1 Å². The number of rotatable bonds is 4. The summed E-state index contributed by atoms with van der Waals surface area (Å²) in [5, 5.41) is 0. The van der Waals surface area contributed by atoms with Crippen LogP contribution in [0.3, 0.4) is 0 Å². The van der Waals surface area contributed by atoms with Crippen LogP contribution in [0.15, 0.2) is 36.7 Å². The smallest absolute Gasteiger partial charge is 0.146 e. The number of hydrogen-bond donors (Lipinski definition) is 2. The molecule has 19 heavy (non-hydrogen) atoms. The Hall–Kier alpha value is -1.98. The second-order valence-electron chi connectivity index (χ2n) is 4.24. The van der Waals surface area contributed by atoms with Crippen molar-refractivity contribution < 1.29 is 9.13 Å². The zero-order valence-electron chi connectivity index (χ0n) is 10.9. The third-order valence-corrected chi connectivity index (χ3v) is 2.98. The first kappa shape index (κ1) is 13.5. The molecule has 5 heteroatoms.